The second-order valence-electron chi connectivity index (χ2n) is 10.6. The molecule has 0 aromatic carbocycles. The number of hydrogen-bond donors (Lipinski definition) is 1. The van der Waals surface area contributed by atoms with Crippen molar-refractivity contribution >= 4 is 11.6 Å². The Labute approximate surface area is 175 Å². The molecule has 4 nitrogen and oxygen atoms in total. The lowest BCUT2D eigenvalue weighted by atomic mass is 9.45. The molecule has 5 rings (SSSR count). The highest BCUT2D eigenvalue weighted by Crippen LogP contribution is 2.65. The quantitative estimate of drug-likeness (QED) is 0.665. The molecule has 0 radical (unpaired) electrons. The zero-order chi connectivity index (χ0) is 20.1. The van der Waals surface area contributed by atoms with Crippen LogP contribution < -0.4 is 5.43 Å². The number of nitrogens with one attached hydrogen (secondary N) is 1. The molecule has 0 spiro atoms. The Morgan fingerprint density at radius 1 is 1.03 bits per heavy atom. The van der Waals surface area contributed by atoms with E-state index in [1.165, 1.54) is 63.5 Å². The summed E-state index contributed by atoms with van der Waals surface area (Å²) >= 11 is 0. The lowest BCUT2D eigenvalue weighted by Crippen LogP contribution is -2.52. The molecule has 1 aromatic heterocycles. The van der Waals surface area contributed by atoms with Crippen LogP contribution in [0.15, 0.2) is 29.6 Å². The number of hydrogen-bond acceptors (Lipinski definition) is 3. The lowest BCUT2D eigenvalue weighted by Gasteiger charge is -2.59. The topological polar surface area (TPSA) is 54.4 Å². The zero-order valence-corrected chi connectivity index (χ0v) is 18.0. The largest absolute Gasteiger partial charge is 0.271 e. The van der Waals surface area contributed by atoms with Crippen molar-refractivity contribution in [1.82, 2.24) is 10.4 Å². The third kappa shape index (κ3) is 3.05. The fraction of sp³-hybridized carbons (Fsp3) is 0.720. The maximum Gasteiger partial charge on any atom is 0.271 e. The number of pyridine rings is 1. The molecule has 156 valence electrons. The molecule has 1 heterocycles. The summed E-state index contributed by atoms with van der Waals surface area (Å²) in [7, 11) is 0. The van der Waals surface area contributed by atoms with E-state index in [2.05, 4.69) is 29.4 Å². The molecular weight excluding hydrogens is 358 g/mol. The monoisotopic (exact) mass is 393 g/mol. The van der Waals surface area contributed by atoms with Gasteiger partial charge in [-0.05, 0) is 92.6 Å². The Kier molecular flexibility index (Phi) is 4.79. The summed E-state index contributed by atoms with van der Waals surface area (Å²) in [5.41, 5.74) is 5.45. The number of amides is 1. The van der Waals surface area contributed by atoms with Gasteiger partial charge in [0.15, 0.2) is 0 Å². The fourth-order valence-electron chi connectivity index (χ4n) is 7.95. The molecular formula is C25H35N3O. The van der Waals surface area contributed by atoms with Crippen molar-refractivity contribution < 1.29 is 4.79 Å². The van der Waals surface area contributed by atoms with E-state index in [1.54, 1.807) is 24.5 Å². The van der Waals surface area contributed by atoms with Crippen molar-refractivity contribution in [3.8, 4) is 0 Å². The number of aromatic nitrogens is 1. The standard InChI is InChI=1S/C25H35N3O/c1-24-13-4-3-5-18(24)6-7-19-20-8-9-22(25(20,2)14-10-21(19)24)27-28-23(29)17-11-15-26-16-12-17/h11-12,15-16,18-21H,3-10,13-14H2,1-2H3,(H,28,29)/t18-,19-,20+,21+,24+,25-/m1/s1. The van der Waals surface area contributed by atoms with E-state index in [0.717, 1.165) is 30.1 Å². The number of carbonyl (C=O) groups is 1. The average Bonchev–Trinajstić information content (AvgIpc) is 3.08. The van der Waals surface area contributed by atoms with Gasteiger partial charge in [0, 0.05) is 29.1 Å². The smallest absolute Gasteiger partial charge is 0.267 e. The van der Waals surface area contributed by atoms with Crippen LogP contribution in [-0.2, 0) is 0 Å². The van der Waals surface area contributed by atoms with E-state index < -0.39 is 0 Å². The maximum absolute atomic E-state index is 12.4. The van der Waals surface area contributed by atoms with Crippen LogP contribution in [0.1, 0.15) is 88.4 Å². The minimum absolute atomic E-state index is 0.129. The van der Waals surface area contributed by atoms with Gasteiger partial charge in [0.1, 0.15) is 0 Å². The lowest BCUT2D eigenvalue weighted by molar-refractivity contribution is -0.0936. The van der Waals surface area contributed by atoms with Crippen molar-refractivity contribution in [3.05, 3.63) is 30.1 Å². The third-order valence-electron chi connectivity index (χ3n) is 9.56. The van der Waals surface area contributed by atoms with Gasteiger partial charge in [-0.25, -0.2) is 5.43 Å². The first kappa shape index (κ1) is 19.3. The highest BCUT2D eigenvalue weighted by molar-refractivity contribution is 5.97. The van der Waals surface area contributed by atoms with E-state index in [-0.39, 0.29) is 11.3 Å². The third-order valence-corrected chi connectivity index (χ3v) is 9.56. The predicted molar refractivity (Wildman–Crippen MR) is 115 cm³/mol. The predicted octanol–water partition coefficient (Wildman–Crippen LogP) is 5.60. The van der Waals surface area contributed by atoms with Gasteiger partial charge < -0.3 is 0 Å². The normalized spacial score (nSPS) is 42.6. The Balaban J connectivity index is 1.34. The molecule has 4 aliphatic rings. The zero-order valence-electron chi connectivity index (χ0n) is 18.0. The second kappa shape index (κ2) is 7.21. The molecule has 0 saturated heterocycles. The van der Waals surface area contributed by atoms with Crippen LogP contribution in [0.4, 0.5) is 0 Å². The first-order chi connectivity index (χ1) is 14.0. The minimum atomic E-state index is -0.129. The second-order valence-corrected chi connectivity index (χ2v) is 10.6. The molecule has 6 atom stereocenters. The van der Waals surface area contributed by atoms with Gasteiger partial charge in [-0.15, -0.1) is 0 Å². The molecule has 0 aliphatic heterocycles. The Hall–Kier alpha value is -1.71. The number of hydrazone groups is 1. The van der Waals surface area contributed by atoms with Crippen molar-refractivity contribution in [2.75, 3.05) is 0 Å². The van der Waals surface area contributed by atoms with Gasteiger partial charge in [0.05, 0.1) is 0 Å². The minimum Gasteiger partial charge on any atom is -0.267 e. The summed E-state index contributed by atoms with van der Waals surface area (Å²) in [5, 5.41) is 4.69. The van der Waals surface area contributed by atoms with Crippen LogP contribution >= 0.6 is 0 Å². The highest BCUT2D eigenvalue weighted by Gasteiger charge is 2.58. The summed E-state index contributed by atoms with van der Waals surface area (Å²) in [5.74, 6) is 3.35. The summed E-state index contributed by atoms with van der Waals surface area (Å²) in [6, 6.07) is 3.48. The molecule has 29 heavy (non-hydrogen) atoms. The number of carbonyl (C=O) groups excluding carboxylic acids is 1. The SMILES string of the molecule is C[C@]12CCCC[C@@H]1CC[C@H]1[C@@H]2CC[C@@]2(C)C(=NNC(=O)c3ccncc3)CC[C@@H]12. The molecule has 4 fully saturated rings. The number of fused-ring (bicyclic) bond motifs is 5. The number of nitrogens with zero attached hydrogens (tertiary/aromatic N) is 2. The Morgan fingerprint density at radius 2 is 1.86 bits per heavy atom. The van der Waals surface area contributed by atoms with Crippen LogP contribution in [0.3, 0.4) is 0 Å². The van der Waals surface area contributed by atoms with Gasteiger partial charge in [0.25, 0.3) is 5.91 Å². The molecule has 0 unspecified atom stereocenters. The molecule has 0 bridgehead atoms. The molecule has 4 heteroatoms. The van der Waals surface area contributed by atoms with Gasteiger partial charge in [0.2, 0.25) is 0 Å². The number of rotatable bonds is 2. The molecule has 4 aliphatic carbocycles. The van der Waals surface area contributed by atoms with Gasteiger partial charge in [-0.1, -0.05) is 26.7 Å². The average molecular weight is 394 g/mol. The highest BCUT2D eigenvalue weighted by atomic mass is 16.2. The van der Waals surface area contributed by atoms with E-state index in [0.29, 0.717) is 11.0 Å². The van der Waals surface area contributed by atoms with Crippen LogP contribution in [0.2, 0.25) is 0 Å². The summed E-state index contributed by atoms with van der Waals surface area (Å²) in [6.45, 7) is 5.07. The van der Waals surface area contributed by atoms with Crippen LogP contribution in [0.5, 0.6) is 0 Å². The fourth-order valence-corrected chi connectivity index (χ4v) is 7.95. The first-order valence-corrected chi connectivity index (χ1v) is 11.8. The molecule has 4 saturated carbocycles. The van der Waals surface area contributed by atoms with E-state index >= 15 is 0 Å². The van der Waals surface area contributed by atoms with Crippen molar-refractivity contribution in [1.29, 1.82) is 0 Å². The van der Waals surface area contributed by atoms with Crippen molar-refractivity contribution in [2.24, 2.45) is 39.6 Å². The van der Waals surface area contributed by atoms with Crippen LogP contribution in [0.25, 0.3) is 0 Å². The van der Waals surface area contributed by atoms with Gasteiger partial charge >= 0.3 is 0 Å². The maximum atomic E-state index is 12.4. The van der Waals surface area contributed by atoms with E-state index in [9.17, 15) is 4.79 Å². The summed E-state index contributed by atoms with van der Waals surface area (Å²) < 4.78 is 0. The van der Waals surface area contributed by atoms with E-state index in [1.807, 2.05) is 0 Å². The molecule has 1 amide bonds. The molecule has 1 aromatic rings. The van der Waals surface area contributed by atoms with Crippen molar-refractivity contribution in [2.45, 2.75) is 78.1 Å². The van der Waals surface area contributed by atoms with Gasteiger partial charge in [-0.3, -0.25) is 9.78 Å². The Bertz CT molecular complexity index is 806. The first-order valence-electron chi connectivity index (χ1n) is 11.8. The van der Waals surface area contributed by atoms with Crippen LogP contribution in [0, 0.1) is 34.5 Å². The van der Waals surface area contributed by atoms with Crippen LogP contribution in [-0.4, -0.2) is 16.6 Å². The summed E-state index contributed by atoms with van der Waals surface area (Å²) in [4.78, 5) is 16.4. The van der Waals surface area contributed by atoms with Crippen molar-refractivity contribution in [3.63, 3.8) is 0 Å². The Morgan fingerprint density at radius 3 is 2.69 bits per heavy atom. The van der Waals surface area contributed by atoms with E-state index in [4.69, 9.17) is 0 Å². The molecule has 1 N–H and O–H groups in total. The summed E-state index contributed by atoms with van der Waals surface area (Å²) in [6.07, 6.45) is 16.9. The van der Waals surface area contributed by atoms with Gasteiger partial charge in [-0.2, -0.15) is 5.10 Å².